The van der Waals surface area contributed by atoms with E-state index in [1.54, 1.807) is 18.2 Å². The van der Waals surface area contributed by atoms with Crippen molar-refractivity contribution in [1.82, 2.24) is 10.3 Å². The second-order valence-corrected chi connectivity index (χ2v) is 7.74. The molecular weight excluding hydrogens is 538 g/mol. The van der Waals surface area contributed by atoms with Gasteiger partial charge in [-0.15, -0.1) is 0 Å². The minimum atomic E-state index is -4.65. The van der Waals surface area contributed by atoms with Gasteiger partial charge in [0.05, 0.1) is 16.1 Å². The lowest BCUT2D eigenvalue weighted by molar-refractivity contribution is -0.137. The van der Waals surface area contributed by atoms with Gasteiger partial charge in [0.2, 0.25) is 5.88 Å². The average molecular weight is 549 g/mol. The summed E-state index contributed by atoms with van der Waals surface area (Å²) in [7, 11) is 0. The number of carbonyl (C=O) groups excluding carboxylic acids is 2. The molecule has 2 N–H and O–H groups in total. The number of imide groups is 1. The molecule has 1 aromatic heterocycles. The number of halogens is 6. The molecule has 3 rings (SSSR count). The van der Waals surface area contributed by atoms with Crippen molar-refractivity contribution in [2.75, 3.05) is 5.32 Å². The van der Waals surface area contributed by atoms with E-state index in [2.05, 4.69) is 31.5 Å². The van der Waals surface area contributed by atoms with Crippen LogP contribution >= 0.6 is 39.1 Å². The van der Waals surface area contributed by atoms with Crippen LogP contribution < -0.4 is 15.4 Å². The summed E-state index contributed by atoms with van der Waals surface area (Å²) in [5, 5.41) is 3.87. The molecule has 0 fully saturated rings. The van der Waals surface area contributed by atoms with E-state index in [0.29, 0.717) is 4.47 Å². The molecule has 0 saturated carbocycles. The molecule has 0 aliphatic carbocycles. The van der Waals surface area contributed by atoms with Gasteiger partial charge in [0.15, 0.2) is 0 Å². The van der Waals surface area contributed by atoms with E-state index in [9.17, 15) is 22.8 Å². The van der Waals surface area contributed by atoms with Crippen LogP contribution in [-0.2, 0) is 6.18 Å². The fourth-order valence-corrected chi connectivity index (χ4v) is 3.38. The molecule has 0 spiro atoms. The second-order valence-electron chi connectivity index (χ2n) is 6.12. The number of urea groups is 1. The Morgan fingerprint density at radius 3 is 2.38 bits per heavy atom. The topological polar surface area (TPSA) is 80.3 Å². The van der Waals surface area contributed by atoms with Crippen LogP contribution in [0.1, 0.15) is 15.9 Å². The first-order valence-corrected chi connectivity index (χ1v) is 10.2. The minimum Gasteiger partial charge on any atom is -0.437 e. The maximum absolute atomic E-state index is 12.8. The summed E-state index contributed by atoms with van der Waals surface area (Å²) in [5.41, 5.74) is -0.592. The van der Waals surface area contributed by atoms with E-state index in [1.165, 1.54) is 24.3 Å². The van der Waals surface area contributed by atoms with E-state index in [-0.39, 0.29) is 27.9 Å². The zero-order chi connectivity index (χ0) is 23.5. The Hall–Kier alpha value is -2.82. The molecule has 0 atom stereocenters. The molecule has 3 aromatic rings. The molecule has 0 radical (unpaired) electrons. The van der Waals surface area contributed by atoms with Gasteiger partial charge in [0.25, 0.3) is 5.91 Å². The van der Waals surface area contributed by atoms with Gasteiger partial charge in [-0.2, -0.15) is 13.2 Å². The Balaban J connectivity index is 1.66. The quantitative estimate of drug-likeness (QED) is 0.347. The predicted octanol–water partition coefficient (Wildman–Crippen LogP) is 6.92. The maximum atomic E-state index is 12.8. The molecular formula is C20H11BrCl2F3N3O3. The van der Waals surface area contributed by atoms with Crippen LogP contribution in [0.15, 0.2) is 59.1 Å². The molecule has 3 amide bonds. The summed E-state index contributed by atoms with van der Waals surface area (Å²) in [6.07, 6.45) is -4.65. The number of amides is 3. The largest absolute Gasteiger partial charge is 0.437 e. The summed E-state index contributed by atoms with van der Waals surface area (Å²) >= 11 is 14.9. The molecule has 1 heterocycles. The highest BCUT2D eigenvalue weighted by Crippen LogP contribution is 2.36. The number of hydrogen-bond donors (Lipinski definition) is 2. The Labute approximate surface area is 197 Å². The number of alkyl halides is 3. The first-order chi connectivity index (χ1) is 15.0. The highest BCUT2D eigenvalue weighted by atomic mass is 79.9. The van der Waals surface area contributed by atoms with Crippen molar-refractivity contribution in [2.45, 2.75) is 6.18 Å². The first kappa shape index (κ1) is 23.8. The van der Waals surface area contributed by atoms with E-state index in [4.69, 9.17) is 27.9 Å². The third-order valence-electron chi connectivity index (χ3n) is 3.88. The molecule has 0 aliphatic heterocycles. The van der Waals surface area contributed by atoms with Crippen molar-refractivity contribution in [1.29, 1.82) is 0 Å². The van der Waals surface area contributed by atoms with Crippen molar-refractivity contribution in [3.63, 3.8) is 0 Å². The highest BCUT2D eigenvalue weighted by molar-refractivity contribution is 9.10. The fourth-order valence-electron chi connectivity index (χ4n) is 2.44. The van der Waals surface area contributed by atoms with E-state index >= 15 is 0 Å². The van der Waals surface area contributed by atoms with Crippen LogP contribution in [0, 0.1) is 0 Å². The van der Waals surface area contributed by atoms with Crippen molar-refractivity contribution >= 4 is 56.8 Å². The van der Waals surface area contributed by atoms with Gasteiger partial charge in [0, 0.05) is 16.2 Å². The van der Waals surface area contributed by atoms with Crippen molar-refractivity contribution in [3.05, 3.63) is 80.4 Å². The number of rotatable bonds is 4. The van der Waals surface area contributed by atoms with Crippen LogP contribution in [0.3, 0.4) is 0 Å². The molecule has 0 unspecified atom stereocenters. The lowest BCUT2D eigenvalue weighted by Gasteiger charge is -2.12. The smallest absolute Gasteiger partial charge is 0.419 e. The van der Waals surface area contributed by atoms with Gasteiger partial charge >= 0.3 is 12.2 Å². The van der Waals surface area contributed by atoms with Gasteiger partial charge in [-0.1, -0.05) is 35.3 Å². The van der Waals surface area contributed by atoms with Gasteiger partial charge < -0.3 is 10.1 Å². The zero-order valence-electron chi connectivity index (χ0n) is 15.6. The van der Waals surface area contributed by atoms with Gasteiger partial charge in [-0.05, 0) is 52.3 Å². The molecule has 2 aromatic carbocycles. The fraction of sp³-hybridized carbons (Fsp3) is 0.0500. The second kappa shape index (κ2) is 9.76. The highest BCUT2D eigenvalue weighted by Gasteiger charge is 2.34. The molecule has 166 valence electrons. The monoisotopic (exact) mass is 547 g/mol. The summed E-state index contributed by atoms with van der Waals surface area (Å²) in [6, 6.07) is 11.6. The summed E-state index contributed by atoms with van der Waals surface area (Å²) in [6.45, 7) is 0. The Kier molecular flexibility index (Phi) is 7.27. The Morgan fingerprint density at radius 2 is 1.75 bits per heavy atom. The van der Waals surface area contributed by atoms with E-state index < -0.39 is 28.8 Å². The van der Waals surface area contributed by atoms with Crippen molar-refractivity contribution in [2.24, 2.45) is 0 Å². The zero-order valence-corrected chi connectivity index (χ0v) is 18.7. The Morgan fingerprint density at radius 1 is 1.03 bits per heavy atom. The van der Waals surface area contributed by atoms with Crippen LogP contribution in [0.4, 0.5) is 23.7 Å². The summed E-state index contributed by atoms with van der Waals surface area (Å²) < 4.78 is 44.2. The summed E-state index contributed by atoms with van der Waals surface area (Å²) in [5.74, 6) is -0.765. The number of anilines is 1. The number of nitrogens with zero attached hydrogens (tertiary/aromatic N) is 1. The van der Waals surface area contributed by atoms with Crippen molar-refractivity contribution in [3.8, 4) is 11.6 Å². The first-order valence-electron chi connectivity index (χ1n) is 8.62. The van der Waals surface area contributed by atoms with Crippen molar-refractivity contribution < 1.29 is 27.5 Å². The van der Waals surface area contributed by atoms with Gasteiger partial charge in [0.1, 0.15) is 10.9 Å². The molecule has 0 aliphatic rings. The molecule has 12 heteroatoms. The Bertz CT molecular complexity index is 1190. The molecule has 32 heavy (non-hydrogen) atoms. The average Bonchev–Trinajstić information content (AvgIpc) is 2.69. The predicted molar refractivity (Wildman–Crippen MR) is 116 cm³/mol. The number of nitrogens with one attached hydrogen (secondary N) is 2. The van der Waals surface area contributed by atoms with Gasteiger partial charge in [-0.3, -0.25) is 10.1 Å². The van der Waals surface area contributed by atoms with Crippen LogP contribution in [0.5, 0.6) is 11.6 Å². The normalized spacial score (nSPS) is 11.1. The molecule has 0 bridgehead atoms. The lowest BCUT2D eigenvalue weighted by Crippen LogP contribution is -2.34. The minimum absolute atomic E-state index is 0.0257. The standard InChI is InChI=1S/C20H11BrCl2F3N3O3/c21-13-4-2-1-3-11(13)18(30)29-19(31)27-10-5-7-15(14(22)9-10)32-16-8-6-12(17(23)28-16)20(24,25)26/h1-9H,(H2,27,29,30,31). The van der Waals surface area contributed by atoms with E-state index in [0.717, 1.165) is 12.1 Å². The van der Waals surface area contributed by atoms with Gasteiger partial charge in [-0.25, -0.2) is 9.78 Å². The number of carbonyl (C=O) groups is 2. The maximum Gasteiger partial charge on any atom is 0.419 e. The third kappa shape index (κ3) is 5.90. The number of hydrogen-bond acceptors (Lipinski definition) is 4. The number of aromatic nitrogens is 1. The van der Waals surface area contributed by atoms with E-state index in [1.807, 2.05) is 0 Å². The van der Waals surface area contributed by atoms with Crippen LogP contribution in [0.2, 0.25) is 10.2 Å². The number of pyridine rings is 1. The van der Waals surface area contributed by atoms with Crippen LogP contribution in [-0.4, -0.2) is 16.9 Å². The lowest BCUT2D eigenvalue weighted by atomic mass is 10.2. The summed E-state index contributed by atoms with van der Waals surface area (Å²) in [4.78, 5) is 27.8. The SMILES string of the molecule is O=C(NC(=O)c1ccccc1Br)Nc1ccc(Oc2ccc(C(F)(F)F)c(Cl)n2)c(Cl)c1. The third-order valence-corrected chi connectivity index (χ3v) is 5.15. The molecule has 0 saturated heterocycles. The number of benzene rings is 2. The van der Waals surface area contributed by atoms with Crippen LogP contribution in [0.25, 0.3) is 0 Å². The number of ether oxygens (including phenoxy) is 1. The molecule has 6 nitrogen and oxygen atoms in total.